The Hall–Kier alpha value is -2.60. The minimum Gasteiger partial charge on any atom is -0.481 e. The standard InChI is InChI=1S/C17H15ClN2O4/c1-17(18,15-4-2-3-9-19-15)23-11-5-7-14-12(10-11)13(20-24-14)6-8-16(21)22/h2-5,7,9-10H,6,8H2,1H3,(H,21,22). The second kappa shape index (κ2) is 6.49. The number of rotatable bonds is 6. The summed E-state index contributed by atoms with van der Waals surface area (Å²) in [5, 5.41) is 12.3. The quantitative estimate of drug-likeness (QED) is 0.684. The molecule has 2 heterocycles. The van der Waals surface area contributed by atoms with E-state index in [9.17, 15) is 4.79 Å². The maximum atomic E-state index is 10.7. The van der Waals surface area contributed by atoms with E-state index in [1.807, 2.05) is 6.07 Å². The number of carbonyl (C=O) groups is 1. The summed E-state index contributed by atoms with van der Waals surface area (Å²) in [6, 6.07) is 10.6. The van der Waals surface area contributed by atoms with Crippen LogP contribution in [-0.2, 0) is 16.3 Å². The van der Waals surface area contributed by atoms with Crippen LogP contribution in [0.4, 0.5) is 0 Å². The summed E-state index contributed by atoms with van der Waals surface area (Å²) < 4.78 is 11.1. The number of pyridine rings is 1. The van der Waals surface area contributed by atoms with Crippen LogP contribution in [0.5, 0.6) is 5.75 Å². The first-order valence-corrected chi connectivity index (χ1v) is 7.73. The van der Waals surface area contributed by atoms with Crippen LogP contribution in [0.25, 0.3) is 11.0 Å². The average molecular weight is 347 g/mol. The van der Waals surface area contributed by atoms with Crippen molar-refractivity contribution in [3.63, 3.8) is 0 Å². The van der Waals surface area contributed by atoms with Crippen LogP contribution in [0.15, 0.2) is 47.1 Å². The van der Waals surface area contributed by atoms with Gasteiger partial charge in [0.1, 0.15) is 5.75 Å². The minimum absolute atomic E-state index is 0.0200. The first-order chi connectivity index (χ1) is 11.5. The molecule has 6 nitrogen and oxygen atoms in total. The molecule has 0 fully saturated rings. The number of halogens is 1. The van der Waals surface area contributed by atoms with Crippen molar-refractivity contribution in [3.05, 3.63) is 54.0 Å². The highest BCUT2D eigenvalue weighted by atomic mass is 35.5. The molecule has 0 saturated heterocycles. The molecule has 3 aromatic rings. The summed E-state index contributed by atoms with van der Waals surface area (Å²) in [5.74, 6) is -0.368. The van der Waals surface area contributed by atoms with E-state index in [-0.39, 0.29) is 12.8 Å². The number of alkyl halides is 1. The Morgan fingerprint density at radius 3 is 2.92 bits per heavy atom. The van der Waals surface area contributed by atoms with Gasteiger partial charge in [0.2, 0.25) is 5.06 Å². The van der Waals surface area contributed by atoms with Crippen LogP contribution >= 0.6 is 11.6 Å². The van der Waals surface area contributed by atoms with Gasteiger partial charge in [0, 0.05) is 18.0 Å². The second-order valence-corrected chi connectivity index (χ2v) is 6.14. The number of benzene rings is 1. The van der Waals surface area contributed by atoms with E-state index in [0.29, 0.717) is 28.1 Å². The Balaban J connectivity index is 1.87. The molecule has 0 bridgehead atoms. The molecular weight excluding hydrogens is 332 g/mol. The summed E-state index contributed by atoms with van der Waals surface area (Å²) in [6.07, 6.45) is 1.91. The monoisotopic (exact) mass is 346 g/mol. The number of ether oxygens (including phenoxy) is 1. The molecule has 0 amide bonds. The Labute approximate surface area is 143 Å². The highest BCUT2D eigenvalue weighted by Crippen LogP contribution is 2.33. The number of nitrogens with zero attached hydrogens (tertiary/aromatic N) is 2. The number of carboxylic acids is 1. The van der Waals surface area contributed by atoms with Gasteiger partial charge in [-0.1, -0.05) is 22.8 Å². The van der Waals surface area contributed by atoms with E-state index >= 15 is 0 Å². The second-order valence-electron chi connectivity index (χ2n) is 5.41. The molecule has 124 valence electrons. The molecule has 3 rings (SSSR count). The van der Waals surface area contributed by atoms with Gasteiger partial charge in [-0.3, -0.25) is 9.78 Å². The molecule has 1 N–H and O–H groups in total. The lowest BCUT2D eigenvalue weighted by Crippen LogP contribution is -2.23. The van der Waals surface area contributed by atoms with Gasteiger partial charge in [-0.2, -0.15) is 0 Å². The molecule has 1 atom stereocenters. The van der Waals surface area contributed by atoms with Crippen molar-refractivity contribution in [1.82, 2.24) is 10.1 Å². The number of hydrogen-bond donors (Lipinski definition) is 1. The Morgan fingerprint density at radius 1 is 1.38 bits per heavy atom. The Morgan fingerprint density at radius 2 is 2.21 bits per heavy atom. The van der Waals surface area contributed by atoms with Crippen LogP contribution in [0.2, 0.25) is 0 Å². The van der Waals surface area contributed by atoms with Crippen molar-refractivity contribution in [2.75, 3.05) is 0 Å². The fourth-order valence-electron chi connectivity index (χ4n) is 2.34. The molecule has 1 unspecified atom stereocenters. The third-order valence-electron chi connectivity index (χ3n) is 3.52. The molecule has 24 heavy (non-hydrogen) atoms. The zero-order chi connectivity index (χ0) is 17.2. The van der Waals surface area contributed by atoms with Gasteiger partial charge in [-0.15, -0.1) is 0 Å². The van der Waals surface area contributed by atoms with Gasteiger partial charge in [0.05, 0.1) is 17.8 Å². The zero-order valence-corrected chi connectivity index (χ0v) is 13.7. The van der Waals surface area contributed by atoms with Crippen LogP contribution in [-0.4, -0.2) is 21.2 Å². The summed E-state index contributed by atoms with van der Waals surface area (Å²) in [4.78, 5) is 14.9. The van der Waals surface area contributed by atoms with Crippen LogP contribution in [0, 0.1) is 0 Å². The first kappa shape index (κ1) is 16.3. The molecule has 0 aliphatic heterocycles. The summed E-state index contributed by atoms with van der Waals surface area (Å²) in [5.41, 5.74) is 1.73. The van der Waals surface area contributed by atoms with Crippen molar-refractivity contribution in [2.24, 2.45) is 0 Å². The maximum Gasteiger partial charge on any atom is 0.303 e. The molecule has 2 aromatic heterocycles. The molecule has 0 saturated carbocycles. The van der Waals surface area contributed by atoms with Gasteiger partial charge < -0.3 is 14.4 Å². The van der Waals surface area contributed by atoms with Gasteiger partial charge in [0.25, 0.3) is 0 Å². The lowest BCUT2D eigenvalue weighted by atomic mass is 10.1. The van der Waals surface area contributed by atoms with Crippen molar-refractivity contribution >= 4 is 28.5 Å². The average Bonchev–Trinajstić information content (AvgIpc) is 2.96. The third kappa shape index (κ3) is 3.49. The predicted molar refractivity (Wildman–Crippen MR) is 88.0 cm³/mol. The Kier molecular flexibility index (Phi) is 4.40. The number of aryl methyl sites for hydroxylation is 1. The van der Waals surface area contributed by atoms with E-state index in [1.54, 1.807) is 43.5 Å². The molecule has 1 aromatic carbocycles. The van der Waals surface area contributed by atoms with Crippen LogP contribution < -0.4 is 4.74 Å². The molecular formula is C17H15ClN2O4. The fourth-order valence-corrected chi connectivity index (χ4v) is 2.54. The third-order valence-corrected chi connectivity index (χ3v) is 3.79. The first-order valence-electron chi connectivity index (χ1n) is 7.35. The van der Waals surface area contributed by atoms with E-state index in [1.165, 1.54) is 0 Å². The zero-order valence-electron chi connectivity index (χ0n) is 12.9. The largest absolute Gasteiger partial charge is 0.481 e. The molecule has 0 spiro atoms. The lowest BCUT2D eigenvalue weighted by Gasteiger charge is -2.23. The van der Waals surface area contributed by atoms with Crippen LogP contribution in [0.3, 0.4) is 0 Å². The normalized spacial score (nSPS) is 13.6. The van der Waals surface area contributed by atoms with Gasteiger partial charge >= 0.3 is 5.97 Å². The molecule has 0 aliphatic carbocycles. The Bertz CT molecular complexity index is 861. The van der Waals surface area contributed by atoms with E-state index in [2.05, 4.69) is 10.1 Å². The minimum atomic E-state index is -1.13. The van der Waals surface area contributed by atoms with Crippen molar-refractivity contribution < 1.29 is 19.2 Å². The highest BCUT2D eigenvalue weighted by molar-refractivity contribution is 6.22. The highest BCUT2D eigenvalue weighted by Gasteiger charge is 2.27. The van der Waals surface area contributed by atoms with E-state index < -0.39 is 11.0 Å². The smallest absolute Gasteiger partial charge is 0.303 e. The molecule has 0 aliphatic rings. The van der Waals surface area contributed by atoms with Gasteiger partial charge in [-0.25, -0.2) is 0 Å². The van der Waals surface area contributed by atoms with Crippen LogP contribution in [0.1, 0.15) is 24.7 Å². The predicted octanol–water partition coefficient (Wildman–Crippen LogP) is 3.73. The van der Waals surface area contributed by atoms with Gasteiger partial charge in [0.15, 0.2) is 5.58 Å². The molecule has 0 radical (unpaired) electrons. The topological polar surface area (TPSA) is 85.5 Å². The number of fused-ring (bicyclic) bond motifs is 1. The van der Waals surface area contributed by atoms with Crippen molar-refractivity contribution in [3.8, 4) is 5.75 Å². The molecule has 7 heteroatoms. The van der Waals surface area contributed by atoms with Crippen molar-refractivity contribution in [2.45, 2.75) is 24.8 Å². The van der Waals surface area contributed by atoms with E-state index in [4.69, 9.17) is 26.0 Å². The summed E-state index contributed by atoms with van der Waals surface area (Å²) >= 11 is 6.46. The lowest BCUT2D eigenvalue weighted by molar-refractivity contribution is -0.136. The number of aliphatic carboxylic acids is 1. The number of carboxylic acid groups (broad SMARTS) is 1. The SMILES string of the molecule is CC(Cl)(Oc1ccc2onc(CCC(=O)O)c2c1)c1ccccn1. The number of aromatic nitrogens is 2. The number of hydrogen-bond acceptors (Lipinski definition) is 5. The van der Waals surface area contributed by atoms with E-state index in [0.717, 1.165) is 0 Å². The van der Waals surface area contributed by atoms with Crippen molar-refractivity contribution in [1.29, 1.82) is 0 Å². The summed E-state index contributed by atoms with van der Waals surface area (Å²) in [6.45, 7) is 1.71. The summed E-state index contributed by atoms with van der Waals surface area (Å²) in [7, 11) is 0. The fraction of sp³-hybridized carbons (Fsp3) is 0.235. The maximum absolute atomic E-state index is 10.7. The van der Waals surface area contributed by atoms with Gasteiger partial charge in [-0.05, 0) is 37.3 Å².